The first-order valence-electron chi connectivity index (χ1n) is 16.7. The Morgan fingerprint density at radius 1 is 0.879 bits per heavy atom. The molecular weight excluding hydrogens is 1020 g/mol. The maximum Gasteiger partial charge on any atom is 0.417 e. The SMILES string of the molecule is C.CC(=O)c1cnc([Si](C)(C)C(C)(C)C)n1C.COC(=O)c1cc(-c2cncn2C)nc2cc(C(F)(F)F)c(I)cc12.O=C1Nc2cc(C(F)(F)F)c(I)cc2C1=O. The minimum atomic E-state index is -4.51. The molecule has 3 aromatic heterocycles. The van der Waals surface area contributed by atoms with E-state index in [-0.39, 0.29) is 47.7 Å². The van der Waals surface area contributed by atoms with Crippen LogP contribution in [0.4, 0.5) is 32.0 Å². The molecule has 0 radical (unpaired) electrons. The summed E-state index contributed by atoms with van der Waals surface area (Å²) >= 11 is 3.08. The van der Waals surface area contributed by atoms with Gasteiger partial charge in [0.25, 0.3) is 11.7 Å². The Balaban J connectivity index is 0.000000241. The van der Waals surface area contributed by atoms with Crippen molar-refractivity contribution in [3.63, 3.8) is 0 Å². The number of imidazole rings is 2. The van der Waals surface area contributed by atoms with Crippen LogP contribution in [0.3, 0.4) is 0 Å². The van der Waals surface area contributed by atoms with Gasteiger partial charge in [0.15, 0.2) is 5.78 Å². The number of ether oxygens (including phenoxy) is 1. The molecule has 0 atom stereocenters. The minimum absolute atomic E-state index is 0. The van der Waals surface area contributed by atoms with Crippen LogP contribution < -0.4 is 10.8 Å². The molecule has 20 heteroatoms. The van der Waals surface area contributed by atoms with E-state index in [2.05, 4.69) is 54.1 Å². The lowest BCUT2D eigenvalue weighted by Gasteiger charge is -2.35. The van der Waals surface area contributed by atoms with Crippen LogP contribution in [0.1, 0.15) is 77.5 Å². The number of alkyl halides is 6. The standard InChI is InChI=1S/C16H11F3IN3O2.C12H22N2OSi.C9H3F3INO2.CH4/c1-23-7-21-6-14(23)13-4-9(15(24)25-2)8-3-11(20)10(16(17,18)19)5-12(8)22-13;1-9(15)10-8-13-11(14(10)5)16(6,7)12(2,3)4;10-9(11,12)4-2-6-3(1-5(4)13)7(15)8(16)14-6;/h3-7H,1-2H3;8H,1-7H3;1-2H,(H,14,15,16);1H4. The Bertz CT molecular complexity index is 2420. The van der Waals surface area contributed by atoms with Crippen molar-refractivity contribution in [3.05, 3.63) is 84.1 Å². The fourth-order valence-electron chi connectivity index (χ4n) is 5.51. The molecule has 0 aliphatic carbocycles. The first-order valence-corrected chi connectivity index (χ1v) is 21.8. The second-order valence-corrected chi connectivity index (χ2v) is 21.9. The Labute approximate surface area is 358 Å². The molecule has 2 aromatic carbocycles. The van der Waals surface area contributed by atoms with E-state index in [1.165, 1.54) is 54.4 Å². The number of ketones is 2. The predicted octanol–water partition coefficient (Wildman–Crippen LogP) is 9.46. The number of Topliss-reactive ketones (excluding diaryl/α,β-unsaturated/α-hetero) is 2. The zero-order valence-electron chi connectivity index (χ0n) is 31.9. The number of carbonyl (C=O) groups is 4. The number of methoxy groups -OCH3 is 1. The number of hydrogen-bond acceptors (Lipinski definition) is 8. The number of carbonyl (C=O) groups excluding carboxylic acids is 4. The summed E-state index contributed by atoms with van der Waals surface area (Å²) in [6, 6.07) is 5.59. The fourth-order valence-corrected chi connectivity index (χ4v) is 9.08. The summed E-state index contributed by atoms with van der Waals surface area (Å²) in [5.41, 5.74) is 1.17. The first kappa shape index (κ1) is 48.2. The molecular formula is C38H40F6I2N6O5Si. The molecule has 4 heterocycles. The topological polar surface area (TPSA) is 138 Å². The number of nitrogens with one attached hydrogen (secondary N) is 1. The maximum absolute atomic E-state index is 13.2. The lowest BCUT2D eigenvalue weighted by molar-refractivity contribution is -0.139. The van der Waals surface area contributed by atoms with E-state index >= 15 is 0 Å². The van der Waals surface area contributed by atoms with Gasteiger partial charge >= 0.3 is 18.3 Å². The Morgan fingerprint density at radius 2 is 1.45 bits per heavy atom. The van der Waals surface area contributed by atoms with Crippen molar-refractivity contribution in [1.29, 1.82) is 0 Å². The molecule has 1 N–H and O–H groups in total. The number of anilines is 1. The number of amides is 1. The summed E-state index contributed by atoms with van der Waals surface area (Å²) in [5.74, 6) is -2.27. The number of pyridine rings is 1. The molecule has 0 bridgehead atoms. The summed E-state index contributed by atoms with van der Waals surface area (Å²) < 4.78 is 85.4. The summed E-state index contributed by atoms with van der Waals surface area (Å²) in [7, 11) is 3.23. The van der Waals surface area contributed by atoms with E-state index < -0.39 is 49.2 Å². The van der Waals surface area contributed by atoms with Gasteiger partial charge in [0, 0.05) is 33.5 Å². The summed E-state index contributed by atoms with van der Waals surface area (Å²) in [5, 5.41) is 2.63. The van der Waals surface area contributed by atoms with E-state index in [0.29, 0.717) is 22.5 Å². The van der Waals surface area contributed by atoms with Gasteiger partial charge in [-0.25, -0.2) is 19.7 Å². The molecule has 0 saturated carbocycles. The fraction of sp³-hybridized carbons (Fsp3) is 0.342. The summed E-state index contributed by atoms with van der Waals surface area (Å²) in [6.07, 6.45) is -4.25. The number of fused-ring (bicyclic) bond motifs is 2. The smallest absolute Gasteiger partial charge is 0.417 e. The minimum Gasteiger partial charge on any atom is -0.465 e. The molecule has 0 fully saturated rings. The molecule has 1 aliphatic heterocycles. The summed E-state index contributed by atoms with van der Waals surface area (Å²) in [6.45, 7) is 13.0. The number of aryl methyl sites for hydroxylation is 1. The third kappa shape index (κ3) is 9.97. The highest BCUT2D eigenvalue weighted by Crippen LogP contribution is 2.39. The molecule has 6 rings (SSSR count). The Morgan fingerprint density at radius 3 is 1.93 bits per heavy atom. The highest BCUT2D eigenvalue weighted by atomic mass is 127. The van der Waals surface area contributed by atoms with E-state index in [4.69, 9.17) is 4.74 Å². The number of aromatic nitrogens is 5. The van der Waals surface area contributed by atoms with Crippen molar-refractivity contribution in [3.8, 4) is 11.4 Å². The normalized spacial score (nSPS) is 12.8. The molecule has 1 aliphatic rings. The van der Waals surface area contributed by atoms with Crippen LogP contribution in [0.25, 0.3) is 22.3 Å². The number of esters is 1. The second kappa shape index (κ2) is 17.6. The zero-order chi connectivity index (χ0) is 43.2. The van der Waals surface area contributed by atoms with Crippen LogP contribution in [0, 0.1) is 7.14 Å². The van der Waals surface area contributed by atoms with Crippen LogP contribution in [0.15, 0.2) is 49.1 Å². The lowest BCUT2D eigenvalue weighted by atomic mass is 10.0. The number of benzene rings is 2. The van der Waals surface area contributed by atoms with E-state index in [9.17, 15) is 45.5 Å². The average Bonchev–Trinajstić information content (AvgIpc) is 3.78. The largest absolute Gasteiger partial charge is 0.465 e. The van der Waals surface area contributed by atoms with Crippen LogP contribution in [-0.4, -0.2) is 62.7 Å². The van der Waals surface area contributed by atoms with Crippen LogP contribution >= 0.6 is 45.2 Å². The van der Waals surface area contributed by atoms with E-state index in [1.54, 1.807) is 47.3 Å². The Kier molecular flexibility index (Phi) is 14.6. The van der Waals surface area contributed by atoms with Gasteiger partial charge in [-0.1, -0.05) is 41.3 Å². The van der Waals surface area contributed by atoms with Crippen LogP contribution in [-0.2, 0) is 36.0 Å². The van der Waals surface area contributed by atoms with Crippen LogP contribution in [0.2, 0.25) is 18.1 Å². The van der Waals surface area contributed by atoms with Gasteiger partial charge in [0.1, 0.15) is 13.8 Å². The van der Waals surface area contributed by atoms with E-state index in [0.717, 1.165) is 23.6 Å². The van der Waals surface area contributed by atoms with Crippen molar-refractivity contribution in [1.82, 2.24) is 24.1 Å². The molecule has 312 valence electrons. The first-order chi connectivity index (χ1) is 26.1. The van der Waals surface area contributed by atoms with Gasteiger partial charge in [-0.3, -0.25) is 14.4 Å². The van der Waals surface area contributed by atoms with Gasteiger partial charge < -0.3 is 19.2 Å². The maximum atomic E-state index is 13.2. The predicted molar refractivity (Wildman–Crippen MR) is 227 cm³/mol. The monoisotopic (exact) mass is 1060 g/mol. The van der Waals surface area contributed by atoms with Crippen molar-refractivity contribution in [2.24, 2.45) is 14.1 Å². The zero-order valence-corrected chi connectivity index (χ0v) is 37.2. The number of halogens is 8. The Hall–Kier alpha value is -4.19. The van der Waals surface area contributed by atoms with E-state index in [1.807, 2.05) is 11.6 Å². The molecule has 0 unspecified atom stereocenters. The molecule has 0 spiro atoms. The van der Waals surface area contributed by atoms with Gasteiger partial charge in [-0.05, 0) is 80.6 Å². The third-order valence-electron chi connectivity index (χ3n) is 9.58. The molecule has 5 aromatic rings. The number of nitrogens with zero attached hydrogens (tertiary/aromatic N) is 5. The quantitative estimate of drug-likeness (QED) is 0.0470. The average molecular weight is 1060 g/mol. The van der Waals surface area contributed by atoms with Gasteiger partial charge in [-0.2, -0.15) is 26.3 Å². The van der Waals surface area contributed by atoms with Crippen molar-refractivity contribution < 1.29 is 50.3 Å². The lowest BCUT2D eigenvalue weighted by Crippen LogP contribution is -2.53. The van der Waals surface area contributed by atoms with Gasteiger partial charge in [-0.15, -0.1) is 0 Å². The van der Waals surface area contributed by atoms with Crippen molar-refractivity contribution in [2.45, 2.75) is 65.6 Å². The van der Waals surface area contributed by atoms with Crippen molar-refractivity contribution >= 4 is 98.7 Å². The highest BCUT2D eigenvalue weighted by molar-refractivity contribution is 14.1. The summed E-state index contributed by atoms with van der Waals surface area (Å²) in [4.78, 5) is 58.5. The number of hydrogen-bond donors (Lipinski definition) is 1. The van der Waals surface area contributed by atoms with Gasteiger partial charge in [0.2, 0.25) is 0 Å². The molecule has 11 nitrogen and oxygen atoms in total. The molecule has 1 amide bonds. The van der Waals surface area contributed by atoms with Crippen molar-refractivity contribution in [2.75, 3.05) is 12.4 Å². The molecule has 0 saturated heterocycles. The van der Waals surface area contributed by atoms with Crippen LogP contribution in [0.5, 0.6) is 0 Å². The second-order valence-electron chi connectivity index (χ2n) is 14.4. The third-order valence-corrected chi connectivity index (χ3v) is 16.7. The molecule has 58 heavy (non-hydrogen) atoms. The van der Waals surface area contributed by atoms with Gasteiger partial charge in [0.05, 0.1) is 76.1 Å². The highest BCUT2D eigenvalue weighted by Gasteiger charge is 2.41. The number of rotatable bonds is 4.